The number of anilines is 1. The molecule has 3 aromatic rings. The van der Waals surface area contributed by atoms with Crippen LogP contribution in [0.1, 0.15) is 78.2 Å². The SMILES string of the molecule is CCn1nnnc1C(=O)N[C@H](C(=O)Nc1ccc([C@H](C)[C@@H](NC(=O)c2cnns2)C(=O)N2CCN(C)CC2)cc1F)[C@H]1CC[C@H](C)CC1. The molecular weight excluding hydrogens is 641 g/mol. The van der Waals surface area contributed by atoms with Gasteiger partial charge in [0.05, 0.1) is 11.9 Å². The molecule has 1 aromatic carbocycles. The Balaban J connectivity index is 1.34. The predicted molar refractivity (Wildman–Crippen MR) is 175 cm³/mol. The molecule has 1 saturated heterocycles. The third-order valence-corrected chi connectivity index (χ3v) is 10.0. The van der Waals surface area contributed by atoms with E-state index in [1.54, 1.807) is 24.8 Å². The predicted octanol–water partition coefficient (Wildman–Crippen LogP) is 1.92. The second kappa shape index (κ2) is 15.7. The first-order valence-corrected chi connectivity index (χ1v) is 17.1. The summed E-state index contributed by atoms with van der Waals surface area (Å²) in [7, 11) is 1.98. The molecule has 3 atom stereocenters. The normalized spacial score (nSPS) is 20.4. The molecule has 1 aliphatic carbocycles. The summed E-state index contributed by atoms with van der Waals surface area (Å²) in [5.41, 5.74) is 0.387. The quantitative estimate of drug-likeness (QED) is 0.270. The van der Waals surface area contributed by atoms with Crippen molar-refractivity contribution in [3.8, 4) is 0 Å². The van der Waals surface area contributed by atoms with Gasteiger partial charge < -0.3 is 25.8 Å². The van der Waals surface area contributed by atoms with Crippen molar-refractivity contribution in [3.63, 3.8) is 0 Å². The fourth-order valence-corrected chi connectivity index (χ4v) is 6.64. The van der Waals surface area contributed by atoms with Gasteiger partial charge >= 0.3 is 0 Å². The lowest BCUT2D eigenvalue weighted by Gasteiger charge is -2.36. The van der Waals surface area contributed by atoms with E-state index in [4.69, 9.17) is 0 Å². The topological polar surface area (TPSA) is 180 Å². The first-order valence-electron chi connectivity index (χ1n) is 16.3. The molecule has 5 rings (SSSR count). The zero-order valence-electron chi connectivity index (χ0n) is 27.6. The van der Waals surface area contributed by atoms with Crippen LogP contribution in [0.4, 0.5) is 10.1 Å². The first kappa shape index (κ1) is 34.9. The van der Waals surface area contributed by atoms with E-state index >= 15 is 4.39 Å². The molecule has 3 heterocycles. The van der Waals surface area contributed by atoms with Gasteiger partial charge in [0.2, 0.25) is 17.6 Å². The smallest absolute Gasteiger partial charge is 0.291 e. The lowest BCUT2D eigenvalue weighted by molar-refractivity contribution is -0.135. The van der Waals surface area contributed by atoms with Crippen LogP contribution in [0.15, 0.2) is 24.4 Å². The summed E-state index contributed by atoms with van der Waals surface area (Å²) in [4.78, 5) is 57.7. The number of aryl methyl sites for hydroxylation is 1. The van der Waals surface area contributed by atoms with Crippen LogP contribution < -0.4 is 16.0 Å². The number of amides is 4. The van der Waals surface area contributed by atoms with Gasteiger partial charge in [0.25, 0.3) is 11.8 Å². The lowest BCUT2D eigenvalue weighted by Crippen LogP contribution is -2.55. The van der Waals surface area contributed by atoms with E-state index in [2.05, 4.69) is 52.9 Å². The van der Waals surface area contributed by atoms with E-state index in [0.29, 0.717) is 44.2 Å². The van der Waals surface area contributed by atoms with Crippen LogP contribution in [-0.2, 0) is 16.1 Å². The first-order chi connectivity index (χ1) is 23.0. The monoisotopic (exact) mass is 683 g/mol. The molecule has 0 spiro atoms. The van der Waals surface area contributed by atoms with Crippen LogP contribution in [-0.4, -0.2) is 109 Å². The number of carbonyl (C=O) groups excluding carboxylic acids is 4. The van der Waals surface area contributed by atoms with E-state index in [1.807, 2.05) is 7.05 Å². The molecular formula is C31H42FN11O4S. The van der Waals surface area contributed by atoms with Crippen molar-refractivity contribution in [2.75, 3.05) is 38.5 Å². The molecule has 0 bridgehead atoms. The van der Waals surface area contributed by atoms with E-state index < -0.39 is 41.5 Å². The van der Waals surface area contributed by atoms with Gasteiger partial charge in [-0.05, 0) is 78.3 Å². The Labute approximate surface area is 282 Å². The van der Waals surface area contributed by atoms with Crippen LogP contribution in [0.3, 0.4) is 0 Å². The van der Waals surface area contributed by atoms with Gasteiger partial charge in [0.1, 0.15) is 22.8 Å². The molecule has 0 radical (unpaired) electrons. The number of hydrogen-bond acceptors (Lipinski definition) is 11. The molecule has 0 unspecified atom stereocenters. The molecule has 17 heteroatoms. The van der Waals surface area contributed by atoms with Crippen LogP contribution in [0.5, 0.6) is 0 Å². The average Bonchev–Trinajstić information content (AvgIpc) is 3.80. The minimum atomic E-state index is -0.990. The number of hydrogen-bond donors (Lipinski definition) is 3. The zero-order valence-corrected chi connectivity index (χ0v) is 28.4. The summed E-state index contributed by atoms with van der Waals surface area (Å²) >= 11 is 0.913. The molecule has 15 nitrogen and oxygen atoms in total. The van der Waals surface area contributed by atoms with E-state index in [1.165, 1.54) is 23.0 Å². The number of carbonyl (C=O) groups is 4. The van der Waals surface area contributed by atoms with Crippen molar-refractivity contribution in [1.29, 1.82) is 0 Å². The standard InChI is InChI=1S/C31H42FN11O4S/c1-5-43-27(37-38-39-43)30(46)36-26(20-8-6-18(2)7-9-20)29(45)34-23-11-10-21(16-22(23)32)19(3)25(35-28(44)24-17-33-40-48-24)31(47)42-14-12-41(4)13-15-42/h10-11,16-20,25-26H,5-9,12-15H2,1-4H3,(H,34,45)(H,35,44)(H,36,46)/t18-,19-,20-,25+,26-/m0/s1. The number of aromatic nitrogens is 6. The van der Waals surface area contributed by atoms with Gasteiger partial charge in [0.15, 0.2) is 0 Å². The maximum atomic E-state index is 15.7. The Morgan fingerprint density at radius 1 is 1.04 bits per heavy atom. The van der Waals surface area contributed by atoms with Gasteiger partial charge in [-0.25, -0.2) is 9.07 Å². The molecule has 2 aromatic heterocycles. The summed E-state index contributed by atoms with van der Waals surface area (Å²) in [6.45, 7) is 8.46. The van der Waals surface area contributed by atoms with Crippen LogP contribution in [0.25, 0.3) is 0 Å². The molecule has 2 fully saturated rings. The number of nitrogens with one attached hydrogen (secondary N) is 3. The Hall–Kier alpha value is -4.38. The maximum absolute atomic E-state index is 15.7. The number of piperazine rings is 1. The molecule has 2 aliphatic rings. The summed E-state index contributed by atoms with van der Waals surface area (Å²) in [6, 6.07) is 2.39. The second-order valence-corrected chi connectivity index (χ2v) is 13.5. The Morgan fingerprint density at radius 3 is 2.42 bits per heavy atom. The Bertz CT molecular complexity index is 1590. The van der Waals surface area contributed by atoms with Crippen molar-refractivity contribution in [2.45, 2.75) is 71.0 Å². The second-order valence-electron chi connectivity index (χ2n) is 12.7. The van der Waals surface area contributed by atoms with Gasteiger partial charge in [0, 0.05) is 38.6 Å². The molecule has 1 saturated carbocycles. The highest BCUT2D eigenvalue weighted by Crippen LogP contribution is 2.32. The van der Waals surface area contributed by atoms with E-state index in [0.717, 1.165) is 37.2 Å². The number of tetrazole rings is 1. The average molecular weight is 684 g/mol. The number of likely N-dealkylation sites (N-methyl/N-ethyl adjacent to an activating group) is 1. The number of halogens is 1. The highest BCUT2D eigenvalue weighted by atomic mass is 32.1. The van der Waals surface area contributed by atoms with Gasteiger partial charge in [-0.15, -0.1) is 10.2 Å². The summed E-state index contributed by atoms with van der Waals surface area (Å²) in [6.07, 6.45) is 4.59. The number of benzene rings is 1. The van der Waals surface area contributed by atoms with Crippen molar-refractivity contribution in [3.05, 3.63) is 46.5 Å². The fourth-order valence-electron chi connectivity index (χ4n) is 6.23. The molecule has 48 heavy (non-hydrogen) atoms. The Morgan fingerprint density at radius 2 is 1.77 bits per heavy atom. The third-order valence-electron chi connectivity index (χ3n) is 9.36. The third kappa shape index (κ3) is 8.18. The van der Waals surface area contributed by atoms with Crippen molar-refractivity contribution in [1.82, 2.24) is 50.2 Å². The highest BCUT2D eigenvalue weighted by molar-refractivity contribution is 7.07. The zero-order chi connectivity index (χ0) is 34.4. The van der Waals surface area contributed by atoms with Crippen molar-refractivity contribution >= 4 is 40.8 Å². The number of rotatable bonds is 11. The van der Waals surface area contributed by atoms with Crippen molar-refractivity contribution < 1.29 is 23.6 Å². The minimum absolute atomic E-state index is 0.0108. The molecule has 1 aliphatic heterocycles. The molecule has 3 N–H and O–H groups in total. The van der Waals surface area contributed by atoms with Crippen LogP contribution in [0.2, 0.25) is 0 Å². The van der Waals surface area contributed by atoms with E-state index in [9.17, 15) is 19.2 Å². The summed E-state index contributed by atoms with van der Waals surface area (Å²) in [5, 5.41) is 23.2. The maximum Gasteiger partial charge on any atom is 0.291 e. The minimum Gasteiger partial charge on any atom is -0.339 e. The lowest BCUT2D eigenvalue weighted by atomic mass is 9.79. The van der Waals surface area contributed by atoms with Gasteiger partial charge in [-0.3, -0.25) is 19.2 Å². The van der Waals surface area contributed by atoms with Gasteiger partial charge in [-0.2, -0.15) is 0 Å². The van der Waals surface area contributed by atoms with E-state index in [-0.39, 0.29) is 28.2 Å². The summed E-state index contributed by atoms with van der Waals surface area (Å²) < 4.78 is 20.8. The fraction of sp³-hybridized carbons (Fsp3) is 0.581. The van der Waals surface area contributed by atoms with Crippen LogP contribution >= 0.6 is 11.5 Å². The number of nitrogens with zero attached hydrogens (tertiary/aromatic N) is 8. The summed E-state index contributed by atoms with van der Waals surface area (Å²) in [5.74, 6) is -2.89. The Kier molecular flexibility index (Phi) is 11.4. The van der Waals surface area contributed by atoms with Gasteiger partial charge in [-0.1, -0.05) is 37.2 Å². The molecule has 4 amide bonds. The molecule has 258 valence electrons. The van der Waals surface area contributed by atoms with Crippen LogP contribution in [0, 0.1) is 17.7 Å². The largest absolute Gasteiger partial charge is 0.339 e. The van der Waals surface area contributed by atoms with Crippen molar-refractivity contribution in [2.24, 2.45) is 11.8 Å². The highest BCUT2D eigenvalue weighted by Gasteiger charge is 2.36.